The number of ether oxygens (including phenoxy) is 2. The zero-order valence-electron chi connectivity index (χ0n) is 23.6. The number of hydrogen-bond acceptors (Lipinski definition) is 7. The molecule has 10 nitrogen and oxygen atoms in total. The van der Waals surface area contributed by atoms with E-state index in [1.165, 1.54) is 13.3 Å². The van der Waals surface area contributed by atoms with Gasteiger partial charge in [-0.3, -0.25) is 14.4 Å². The third kappa shape index (κ3) is 6.86. The number of anilines is 1. The summed E-state index contributed by atoms with van der Waals surface area (Å²) in [5, 5.41) is 11.9. The van der Waals surface area contributed by atoms with Gasteiger partial charge in [0.25, 0.3) is 0 Å². The highest BCUT2D eigenvalue weighted by Crippen LogP contribution is 2.44. The van der Waals surface area contributed by atoms with E-state index in [0.717, 1.165) is 18.9 Å². The number of carbonyl (C=O) groups is 3. The molecule has 41 heavy (non-hydrogen) atoms. The Balaban J connectivity index is 1.56. The number of carboxylic acid groups (broad SMARTS) is 1. The Hall–Kier alpha value is -3.96. The molecule has 0 bridgehead atoms. The van der Waals surface area contributed by atoms with Gasteiger partial charge in [0.05, 0.1) is 31.0 Å². The predicted molar refractivity (Wildman–Crippen MR) is 148 cm³/mol. The maximum atomic E-state index is 15.6. The van der Waals surface area contributed by atoms with Gasteiger partial charge in [0.1, 0.15) is 22.7 Å². The van der Waals surface area contributed by atoms with E-state index >= 15 is 8.78 Å². The molecule has 0 atom stereocenters. The van der Waals surface area contributed by atoms with E-state index in [0.29, 0.717) is 30.5 Å². The molecule has 1 aliphatic heterocycles. The number of methoxy groups -OCH3 is 1. The minimum Gasteiger partial charge on any atom is -0.492 e. The second kappa shape index (κ2) is 11.9. The molecule has 1 amide bonds. The van der Waals surface area contributed by atoms with Gasteiger partial charge in [-0.25, -0.2) is 13.6 Å². The van der Waals surface area contributed by atoms with Crippen LogP contribution >= 0.6 is 0 Å². The topological polar surface area (TPSA) is 127 Å². The summed E-state index contributed by atoms with van der Waals surface area (Å²) in [6, 6.07) is 0.983. The number of piperidine rings is 1. The summed E-state index contributed by atoms with van der Waals surface area (Å²) in [6.45, 7) is 5.21. The van der Waals surface area contributed by atoms with Crippen LogP contribution in [0.2, 0.25) is 0 Å². The highest BCUT2D eigenvalue weighted by atomic mass is 19.1. The molecule has 222 valence electrons. The van der Waals surface area contributed by atoms with E-state index in [9.17, 15) is 24.3 Å². The van der Waals surface area contributed by atoms with Crippen molar-refractivity contribution in [3.05, 3.63) is 45.3 Å². The summed E-state index contributed by atoms with van der Waals surface area (Å²) in [6.07, 6.45) is 3.47. The van der Waals surface area contributed by atoms with Crippen molar-refractivity contribution in [2.24, 2.45) is 0 Å². The highest BCUT2D eigenvalue weighted by molar-refractivity contribution is 5.97. The second-order valence-electron chi connectivity index (χ2n) is 11.3. The molecule has 1 saturated heterocycles. The van der Waals surface area contributed by atoms with E-state index in [1.807, 2.05) is 0 Å². The Bertz CT molecular complexity index is 1470. The molecule has 1 aromatic carbocycles. The van der Waals surface area contributed by atoms with Crippen LogP contribution in [0.1, 0.15) is 75.7 Å². The maximum absolute atomic E-state index is 15.6. The molecule has 2 aromatic rings. The number of benzene rings is 1. The number of nitrogens with zero attached hydrogens (tertiary/aromatic N) is 2. The van der Waals surface area contributed by atoms with Crippen molar-refractivity contribution in [1.82, 2.24) is 9.88 Å². The normalized spacial score (nSPS) is 16.9. The molecule has 0 spiro atoms. The Morgan fingerprint density at radius 3 is 2.51 bits per heavy atom. The fourth-order valence-corrected chi connectivity index (χ4v) is 5.01. The molecular formula is C29H35F2N3O7. The lowest BCUT2D eigenvalue weighted by molar-refractivity contribution is -0.155. The number of fused-ring (bicyclic) bond motifs is 1. The maximum Gasteiger partial charge on any atom is 0.341 e. The van der Waals surface area contributed by atoms with E-state index in [4.69, 9.17) is 9.47 Å². The van der Waals surface area contributed by atoms with Crippen LogP contribution < -0.4 is 20.4 Å². The van der Waals surface area contributed by atoms with E-state index in [-0.39, 0.29) is 48.8 Å². The van der Waals surface area contributed by atoms with Crippen molar-refractivity contribution in [2.75, 3.05) is 31.6 Å². The van der Waals surface area contributed by atoms with E-state index in [1.54, 1.807) is 30.2 Å². The number of pyridine rings is 1. The molecule has 12 heteroatoms. The Morgan fingerprint density at radius 1 is 1.20 bits per heavy atom. The molecule has 1 saturated carbocycles. The molecule has 0 unspecified atom stereocenters. The molecule has 1 aromatic heterocycles. The first-order valence-corrected chi connectivity index (χ1v) is 13.6. The van der Waals surface area contributed by atoms with Crippen LogP contribution in [0.15, 0.2) is 28.5 Å². The highest BCUT2D eigenvalue weighted by Gasteiger charge is 2.32. The van der Waals surface area contributed by atoms with Gasteiger partial charge in [-0.05, 0) is 58.1 Å². The van der Waals surface area contributed by atoms with E-state index in [2.05, 4.69) is 5.32 Å². The van der Waals surface area contributed by atoms with Crippen molar-refractivity contribution in [3.8, 4) is 5.75 Å². The number of rotatable bonds is 9. The monoisotopic (exact) mass is 575 g/mol. The van der Waals surface area contributed by atoms with Crippen LogP contribution in [0.5, 0.6) is 5.75 Å². The fourth-order valence-electron chi connectivity index (χ4n) is 5.01. The van der Waals surface area contributed by atoms with Crippen molar-refractivity contribution in [1.29, 1.82) is 0 Å². The minimum absolute atomic E-state index is 0.0271. The van der Waals surface area contributed by atoms with Gasteiger partial charge in [0.2, 0.25) is 11.3 Å². The number of halogens is 2. The third-order valence-electron chi connectivity index (χ3n) is 6.98. The molecule has 0 radical (unpaired) electrons. The average Bonchev–Trinajstić information content (AvgIpc) is 3.74. The standard InChI is InChI=1S/C29H35F2N3O7/c1-29(2,3)41-23(36)10-9-22(35)32-13-21(31)16-6-5-11-33(14-16)25-20(30)12-18-24(27(25)40-4)34(17-7-8-17)15-19(26(18)37)28(38)39/h12,15,17H,5-11,13-14H2,1-4H3,(H,32,35)(H,38,39)/b21-16+. The minimum atomic E-state index is -1.40. The lowest BCUT2D eigenvalue weighted by atomic mass is 10.0. The van der Waals surface area contributed by atoms with Crippen LogP contribution in [0, 0.1) is 5.82 Å². The number of carbonyl (C=O) groups excluding carboxylic acids is 2. The second-order valence-corrected chi connectivity index (χ2v) is 11.3. The predicted octanol–water partition coefficient (Wildman–Crippen LogP) is 4.24. The summed E-state index contributed by atoms with van der Waals surface area (Å²) < 4.78 is 43.3. The van der Waals surface area contributed by atoms with Gasteiger partial charge < -0.3 is 29.4 Å². The van der Waals surface area contributed by atoms with Crippen molar-refractivity contribution in [3.63, 3.8) is 0 Å². The zero-order chi connectivity index (χ0) is 30.1. The van der Waals surface area contributed by atoms with Gasteiger partial charge in [-0.15, -0.1) is 0 Å². The zero-order valence-corrected chi connectivity index (χ0v) is 23.6. The molecule has 2 heterocycles. The average molecular weight is 576 g/mol. The Morgan fingerprint density at radius 2 is 1.90 bits per heavy atom. The molecule has 2 N–H and O–H groups in total. The van der Waals surface area contributed by atoms with Crippen molar-refractivity contribution < 1.29 is 37.7 Å². The number of aromatic carboxylic acids is 1. The smallest absolute Gasteiger partial charge is 0.341 e. The van der Waals surface area contributed by atoms with Crippen molar-refractivity contribution >= 4 is 34.4 Å². The Kier molecular flexibility index (Phi) is 8.69. The fraction of sp³-hybridized carbons (Fsp3) is 0.517. The molecular weight excluding hydrogens is 540 g/mol. The Labute approximate surface area is 235 Å². The summed E-state index contributed by atoms with van der Waals surface area (Å²) in [5.74, 6) is -3.67. The SMILES string of the molecule is COc1c(N2CCC/C(=C(\F)CNC(=O)CCC(=O)OC(C)(C)C)C2)c(F)cc2c(=O)c(C(=O)O)cn(C3CC3)c12. The lowest BCUT2D eigenvalue weighted by Gasteiger charge is -2.33. The number of amides is 1. The first kappa shape index (κ1) is 30.0. The number of carboxylic acids is 1. The van der Waals surface area contributed by atoms with Crippen LogP contribution in [0.4, 0.5) is 14.5 Å². The number of hydrogen-bond donors (Lipinski definition) is 2. The van der Waals surface area contributed by atoms with Crippen LogP contribution in [-0.4, -0.2) is 59.9 Å². The van der Waals surface area contributed by atoms with Gasteiger partial charge in [0.15, 0.2) is 11.6 Å². The molecule has 1 aliphatic carbocycles. The van der Waals surface area contributed by atoms with Gasteiger partial charge in [0, 0.05) is 31.7 Å². The van der Waals surface area contributed by atoms with Gasteiger partial charge in [-0.2, -0.15) is 0 Å². The van der Waals surface area contributed by atoms with Crippen LogP contribution in [0.25, 0.3) is 10.9 Å². The summed E-state index contributed by atoms with van der Waals surface area (Å²) in [5.41, 5.74) is -1.18. The van der Waals surface area contributed by atoms with Gasteiger partial charge in [-0.1, -0.05) is 0 Å². The third-order valence-corrected chi connectivity index (χ3v) is 6.98. The molecule has 4 rings (SSSR count). The van der Waals surface area contributed by atoms with Crippen LogP contribution in [-0.2, 0) is 14.3 Å². The quantitative estimate of drug-likeness (QED) is 0.425. The van der Waals surface area contributed by atoms with E-state index < -0.39 is 46.1 Å². The number of aromatic nitrogens is 1. The molecule has 2 fully saturated rings. The number of esters is 1. The first-order chi connectivity index (χ1) is 19.3. The summed E-state index contributed by atoms with van der Waals surface area (Å²) in [7, 11) is 1.35. The first-order valence-electron chi connectivity index (χ1n) is 13.6. The summed E-state index contributed by atoms with van der Waals surface area (Å²) >= 11 is 0. The number of nitrogens with one attached hydrogen (secondary N) is 1. The molecule has 2 aliphatic rings. The van der Waals surface area contributed by atoms with Gasteiger partial charge >= 0.3 is 11.9 Å². The lowest BCUT2D eigenvalue weighted by Crippen LogP contribution is -2.34. The largest absolute Gasteiger partial charge is 0.492 e. The van der Waals surface area contributed by atoms with Crippen LogP contribution in [0.3, 0.4) is 0 Å². The summed E-state index contributed by atoms with van der Waals surface area (Å²) in [4.78, 5) is 50.3. The van der Waals surface area contributed by atoms with Crippen molar-refractivity contribution in [2.45, 2.75) is 70.9 Å².